The molecule has 1 aromatic carbocycles. The molecular formula is C8H5BrClF3O3S. The molecule has 0 amide bonds. The van der Waals surface area contributed by atoms with Crippen LogP contribution in [-0.2, 0) is 21.0 Å². The smallest absolute Gasteiger partial charge is 0.416 e. The van der Waals surface area contributed by atoms with Crippen molar-refractivity contribution >= 4 is 35.7 Å². The van der Waals surface area contributed by atoms with Crippen LogP contribution in [-0.4, -0.2) is 13.5 Å². The minimum absolute atomic E-state index is 0.0409. The van der Waals surface area contributed by atoms with E-state index in [9.17, 15) is 21.6 Å². The highest BCUT2D eigenvalue weighted by Crippen LogP contribution is 2.38. The van der Waals surface area contributed by atoms with E-state index in [0.29, 0.717) is 6.07 Å². The van der Waals surface area contributed by atoms with Gasteiger partial charge in [0.1, 0.15) is 5.75 Å². The molecule has 0 unspecified atom stereocenters. The summed E-state index contributed by atoms with van der Waals surface area (Å²) >= 11 is 2.80. The Morgan fingerprint density at radius 1 is 1.35 bits per heavy atom. The molecule has 1 rings (SSSR count). The summed E-state index contributed by atoms with van der Waals surface area (Å²) in [5.74, 6) is -1.60. The van der Waals surface area contributed by atoms with Gasteiger partial charge in [-0.1, -0.05) is 0 Å². The zero-order valence-corrected chi connectivity index (χ0v) is 11.1. The predicted octanol–water partition coefficient (Wildman–Crippen LogP) is 3.24. The molecule has 0 aliphatic rings. The van der Waals surface area contributed by atoms with Gasteiger partial charge in [-0.15, -0.1) is 0 Å². The van der Waals surface area contributed by atoms with E-state index in [4.69, 9.17) is 15.8 Å². The summed E-state index contributed by atoms with van der Waals surface area (Å²) in [6, 6.07) is 1.32. The van der Waals surface area contributed by atoms with Crippen LogP contribution in [0.25, 0.3) is 0 Å². The summed E-state index contributed by atoms with van der Waals surface area (Å²) in [7, 11) is 0.789. The number of alkyl halides is 3. The molecule has 17 heavy (non-hydrogen) atoms. The van der Waals surface area contributed by atoms with E-state index in [0.717, 1.165) is 6.07 Å². The molecule has 0 aromatic heterocycles. The SMILES string of the molecule is O=S(=O)(Cl)Cc1cc(Br)c(O)cc1C(F)(F)F. The lowest BCUT2D eigenvalue weighted by atomic mass is 10.1. The Morgan fingerprint density at radius 3 is 2.29 bits per heavy atom. The molecule has 1 N–H and O–H groups in total. The van der Waals surface area contributed by atoms with Gasteiger partial charge in [0.15, 0.2) is 0 Å². The second kappa shape index (κ2) is 4.66. The Balaban J connectivity index is 3.42. The Bertz CT molecular complexity index is 542. The van der Waals surface area contributed by atoms with Crippen LogP contribution in [0.15, 0.2) is 16.6 Å². The van der Waals surface area contributed by atoms with E-state index >= 15 is 0 Å². The molecule has 3 nitrogen and oxygen atoms in total. The van der Waals surface area contributed by atoms with Crippen LogP contribution in [0.2, 0.25) is 0 Å². The maximum Gasteiger partial charge on any atom is 0.416 e. The maximum atomic E-state index is 12.6. The number of hydrogen-bond donors (Lipinski definition) is 1. The minimum atomic E-state index is -4.77. The quantitative estimate of drug-likeness (QED) is 0.831. The molecule has 0 aliphatic carbocycles. The van der Waals surface area contributed by atoms with Crippen LogP contribution >= 0.6 is 26.6 Å². The number of aromatic hydroxyl groups is 1. The zero-order valence-electron chi connectivity index (χ0n) is 7.92. The van der Waals surface area contributed by atoms with E-state index in [1.165, 1.54) is 0 Å². The minimum Gasteiger partial charge on any atom is -0.507 e. The normalized spacial score (nSPS) is 12.8. The van der Waals surface area contributed by atoms with E-state index in [2.05, 4.69) is 15.9 Å². The average Bonchev–Trinajstić information content (AvgIpc) is 2.06. The van der Waals surface area contributed by atoms with Crippen LogP contribution in [0, 0.1) is 0 Å². The molecular weight excluding hydrogens is 349 g/mol. The summed E-state index contributed by atoms with van der Waals surface area (Å²) in [6.07, 6.45) is -4.77. The first-order valence-electron chi connectivity index (χ1n) is 4.01. The van der Waals surface area contributed by atoms with Crippen LogP contribution in [0.5, 0.6) is 5.75 Å². The second-order valence-corrected chi connectivity index (χ2v) is 6.77. The standard InChI is InChI=1S/C8H5BrClF3O3S/c9-6-1-4(3-17(10,15)16)5(2-7(6)14)8(11,12)13/h1-2,14H,3H2. The predicted molar refractivity (Wildman–Crippen MR) is 59.3 cm³/mol. The third-order valence-corrected chi connectivity index (χ3v) is 3.42. The number of halogens is 5. The van der Waals surface area contributed by atoms with Crippen molar-refractivity contribution in [3.05, 3.63) is 27.7 Å². The molecule has 0 bridgehead atoms. The number of benzene rings is 1. The van der Waals surface area contributed by atoms with Gasteiger partial charge in [-0.05, 0) is 33.6 Å². The molecule has 0 atom stereocenters. The average molecular weight is 354 g/mol. The first kappa shape index (κ1) is 14.6. The lowest BCUT2D eigenvalue weighted by molar-refractivity contribution is -0.138. The van der Waals surface area contributed by atoms with Crippen molar-refractivity contribution in [2.24, 2.45) is 0 Å². The zero-order chi connectivity index (χ0) is 13.4. The monoisotopic (exact) mass is 352 g/mol. The summed E-state index contributed by atoms with van der Waals surface area (Å²) < 4.78 is 59.3. The van der Waals surface area contributed by atoms with Crippen molar-refractivity contribution < 1.29 is 26.7 Å². The van der Waals surface area contributed by atoms with Gasteiger partial charge in [-0.2, -0.15) is 13.2 Å². The Kier molecular flexibility index (Phi) is 4.00. The first-order valence-corrected chi connectivity index (χ1v) is 7.29. The molecule has 0 saturated heterocycles. The largest absolute Gasteiger partial charge is 0.507 e. The highest BCUT2D eigenvalue weighted by Gasteiger charge is 2.35. The molecule has 1 aromatic rings. The van der Waals surface area contributed by atoms with Crippen LogP contribution in [0.3, 0.4) is 0 Å². The summed E-state index contributed by atoms with van der Waals surface area (Å²) in [5.41, 5.74) is -1.76. The first-order chi connectivity index (χ1) is 7.50. The molecule has 9 heteroatoms. The van der Waals surface area contributed by atoms with Gasteiger partial charge < -0.3 is 5.11 Å². The highest BCUT2D eigenvalue weighted by molar-refractivity contribution is 9.10. The lowest BCUT2D eigenvalue weighted by Gasteiger charge is -2.13. The van der Waals surface area contributed by atoms with Crippen molar-refractivity contribution in [1.29, 1.82) is 0 Å². The topological polar surface area (TPSA) is 54.4 Å². The summed E-state index contributed by atoms with van der Waals surface area (Å²) in [5, 5.41) is 9.16. The number of phenols is 1. The Labute approximate surface area is 108 Å². The molecule has 0 saturated carbocycles. The molecule has 0 aliphatic heterocycles. The highest BCUT2D eigenvalue weighted by atomic mass is 79.9. The van der Waals surface area contributed by atoms with Crippen LogP contribution in [0.4, 0.5) is 13.2 Å². The number of hydrogen-bond acceptors (Lipinski definition) is 3. The third-order valence-electron chi connectivity index (χ3n) is 1.81. The van der Waals surface area contributed by atoms with Crippen molar-refractivity contribution in [1.82, 2.24) is 0 Å². The Hall–Kier alpha value is -0.470. The second-order valence-electron chi connectivity index (χ2n) is 3.14. The van der Waals surface area contributed by atoms with E-state index in [-0.39, 0.29) is 4.47 Å². The van der Waals surface area contributed by atoms with E-state index < -0.39 is 37.9 Å². The molecule has 0 radical (unpaired) electrons. The lowest BCUT2D eigenvalue weighted by Crippen LogP contribution is -2.11. The number of rotatable bonds is 2. The Morgan fingerprint density at radius 2 is 1.88 bits per heavy atom. The maximum absolute atomic E-state index is 12.6. The molecule has 0 fully saturated rings. The van der Waals surface area contributed by atoms with Crippen molar-refractivity contribution in [2.45, 2.75) is 11.9 Å². The van der Waals surface area contributed by atoms with Gasteiger partial charge in [-0.25, -0.2) is 8.42 Å². The van der Waals surface area contributed by atoms with Gasteiger partial charge in [0.05, 0.1) is 15.8 Å². The van der Waals surface area contributed by atoms with E-state index in [1.807, 2.05) is 0 Å². The number of phenolic OH excluding ortho intramolecular Hbond substituents is 1. The van der Waals surface area contributed by atoms with Crippen molar-refractivity contribution in [3.8, 4) is 5.75 Å². The fraction of sp³-hybridized carbons (Fsp3) is 0.250. The third kappa shape index (κ3) is 4.04. The van der Waals surface area contributed by atoms with Gasteiger partial charge in [0.25, 0.3) is 0 Å². The van der Waals surface area contributed by atoms with Gasteiger partial charge >= 0.3 is 6.18 Å². The molecule has 96 valence electrons. The van der Waals surface area contributed by atoms with Crippen molar-refractivity contribution in [3.63, 3.8) is 0 Å². The van der Waals surface area contributed by atoms with Crippen LogP contribution < -0.4 is 0 Å². The molecule has 0 heterocycles. The van der Waals surface area contributed by atoms with Crippen molar-refractivity contribution in [2.75, 3.05) is 0 Å². The van der Waals surface area contributed by atoms with Gasteiger partial charge in [0.2, 0.25) is 9.05 Å². The fourth-order valence-corrected chi connectivity index (χ4v) is 2.53. The van der Waals surface area contributed by atoms with Gasteiger partial charge in [-0.3, -0.25) is 0 Å². The fourth-order valence-electron chi connectivity index (χ4n) is 1.17. The summed E-state index contributed by atoms with van der Waals surface area (Å²) in [4.78, 5) is 0. The molecule has 0 spiro atoms. The van der Waals surface area contributed by atoms with E-state index in [1.54, 1.807) is 0 Å². The summed E-state index contributed by atoms with van der Waals surface area (Å²) in [6.45, 7) is 0. The van der Waals surface area contributed by atoms with Crippen LogP contribution in [0.1, 0.15) is 11.1 Å². The van der Waals surface area contributed by atoms with Gasteiger partial charge in [0, 0.05) is 10.7 Å².